The summed E-state index contributed by atoms with van der Waals surface area (Å²) in [5.41, 5.74) is 4.27. The number of amides is 1. The van der Waals surface area contributed by atoms with Gasteiger partial charge in [0.2, 0.25) is 12.7 Å². The largest absolute Gasteiger partial charge is 0.454 e. The van der Waals surface area contributed by atoms with Crippen molar-refractivity contribution in [1.82, 2.24) is 19.5 Å². The van der Waals surface area contributed by atoms with Gasteiger partial charge < -0.3 is 18.9 Å². The number of piperazine rings is 1. The summed E-state index contributed by atoms with van der Waals surface area (Å²) in [4.78, 5) is 17.1. The number of carbonyl (C=O) groups is 1. The number of hydrogen-bond donors (Lipinski definition) is 0. The van der Waals surface area contributed by atoms with E-state index >= 15 is 0 Å². The average Bonchev–Trinajstić information content (AvgIpc) is 3.51. The van der Waals surface area contributed by atoms with Crippen molar-refractivity contribution in [2.75, 3.05) is 33.0 Å². The number of aryl methyl sites for hydroxylation is 2. The first kappa shape index (κ1) is 21.3. The third kappa shape index (κ3) is 4.39. The standard InChI is InChI=1S/C25H28N4O4/c1-17-12-21(19(3)29(17)24-13-18(2)33-26-24)5-7-25(30)28-10-8-27(9-11-28)15-20-4-6-22-23(14-20)32-16-31-22/h4-7,12-14H,8-11,15-16H2,1-3H3/b7-5+. The predicted octanol–water partition coefficient (Wildman–Crippen LogP) is 3.48. The van der Waals surface area contributed by atoms with Gasteiger partial charge in [0.05, 0.1) is 0 Å². The first-order chi connectivity index (χ1) is 16.0. The normalized spacial score (nSPS) is 16.2. The van der Waals surface area contributed by atoms with Crippen molar-refractivity contribution < 1.29 is 18.8 Å². The molecular formula is C25H28N4O4. The minimum atomic E-state index is 0.0415. The maximum Gasteiger partial charge on any atom is 0.246 e. The third-order valence-electron chi connectivity index (χ3n) is 6.25. The fraction of sp³-hybridized carbons (Fsp3) is 0.360. The molecule has 172 valence electrons. The molecule has 0 unspecified atom stereocenters. The molecule has 0 bridgehead atoms. The number of carbonyl (C=O) groups excluding carboxylic acids is 1. The molecular weight excluding hydrogens is 420 g/mol. The van der Waals surface area contributed by atoms with E-state index in [1.54, 1.807) is 6.08 Å². The zero-order valence-corrected chi connectivity index (χ0v) is 19.2. The van der Waals surface area contributed by atoms with Crippen molar-refractivity contribution in [3.8, 4) is 17.3 Å². The third-order valence-corrected chi connectivity index (χ3v) is 6.25. The Morgan fingerprint density at radius 3 is 2.58 bits per heavy atom. The number of aromatic nitrogens is 2. The van der Waals surface area contributed by atoms with Gasteiger partial charge in [0.15, 0.2) is 17.3 Å². The van der Waals surface area contributed by atoms with Crippen LogP contribution in [0.1, 0.15) is 28.3 Å². The monoisotopic (exact) mass is 448 g/mol. The molecule has 1 aromatic carbocycles. The minimum Gasteiger partial charge on any atom is -0.454 e. The Hall–Kier alpha value is -3.52. The van der Waals surface area contributed by atoms with E-state index in [9.17, 15) is 4.79 Å². The smallest absolute Gasteiger partial charge is 0.246 e. The van der Waals surface area contributed by atoms with E-state index in [1.165, 1.54) is 5.56 Å². The van der Waals surface area contributed by atoms with E-state index in [-0.39, 0.29) is 12.7 Å². The maximum absolute atomic E-state index is 12.8. The van der Waals surface area contributed by atoms with Crippen LogP contribution in [-0.4, -0.2) is 58.4 Å². The van der Waals surface area contributed by atoms with Gasteiger partial charge in [0.1, 0.15) is 5.76 Å². The molecule has 1 saturated heterocycles. The lowest BCUT2D eigenvalue weighted by molar-refractivity contribution is -0.127. The Labute approximate surface area is 193 Å². The number of fused-ring (bicyclic) bond motifs is 1. The van der Waals surface area contributed by atoms with Crippen LogP contribution in [0.25, 0.3) is 11.9 Å². The van der Waals surface area contributed by atoms with Gasteiger partial charge in [-0.15, -0.1) is 0 Å². The van der Waals surface area contributed by atoms with E-state index < -0.39 is 0 Å². The van der Waals surface area contributed by atoms with E-state index in [0.29, 0.717) is 13.1 Å². The highest BCUT2D eigenvalue weighted by atomic mass is 16.7. The fourth-order valence-corrected chi connectivity index (χ4v) is 4.46. The topological polar surface area (TPSA) is 73.0 Å². The van der Waals surface area contributed by atoms with Crippen molar-refractivity contribution in [3.05, 3.63) is 64.7 Å². The number of nitrogens with zero attached hydrogens (tertiary/aromatic N) is 4. The van der Waals surface area contributed by atoms with Gasteiger partial charge in [0.25, 0.3) is 0 Å². The molecule has 1 amide bonds. The highest BCUT2D eigenvalue weighted by molar-refractivity contribution is 5.92. The van der Waals surface area contributed by atoms with E-state index in [0.717, 1.165) is 59.7 Å². The molecule has 8 heteroatoms. The maximum atomic E-state index is 12.8. The molecule has 1 fully saturated rings. The summed E-state index contributed by atoms with van der Waals surface area (Å²) in [6.07, 6.45) is 3.57. The van der Waals surface area contributed by atoms with Crippen molar-refractivity contribution in [2.45, 2.75) is 27.3 Å². The fourth-order valence-electron chi connectivity index (χ4n) is 4.46. The molecule has 2 aliphatic heterocycles. The Kier molecular flexibility index (Phi) is 5.68. The molecule has 3 aromatic rings. The molecule has 0 spiro atoms. The summed E-state index contributed by atoms with van der Waals surface area (Å²) >= 11 is 0. The van der Waals surface area contributed by atoms with Crippen LogP contribution in [0.2, 0.25) is 0 Å². The van der Waals surface area contributed by atoms with Crippen LogP contribution in [-0.2, 0) is 11.3 Å². The van der Waals surface area contributed by atoms with Crippen molar-refractivity contribution in [2.24, 2.45) is 0 Å². The second-order valence-corrected chi connectivity index (χ2v) is 8.58. The second kappa shape index (κ2) is 8.78. The van der Waals surface area contributed by atoms with Crippen LogP contribution >= 0.6 is 0 Å². The van der Waals surface area contributed by atoms with Gasteiger partial charge in [-0.25, -0.2) is 0 Å². The zero-order valence-electron chi connectivity index (χ0n) is 19.2. The van der Waals surface area contributed by atoms with Crippen LogP contribution in [0.15, 0.2) is 40.9 Å². The van der Waals surface area contributed by atoms with Crippen LogP contribution in [0.5, 0.6) is 11.5 Å². The highest BCUT2D eigenvalue weighted by Crippen LogP contribution is 2.33. The Bertz CT molecular complexity index is 1200. The van der Waals surface area contributed by atoms with E-state index in [2.05, 4.69) is 22.2 Å². The van der Waals surface area contributed by atoms with Gasteiger partial charge in [0, 0.05) is 56.3 Å². The molecule has 0 atom stereocenters. The molecule has 8 nitrogen and oxygen atoms in total. The molecule has 0 saturated carbocycles. The van der Waals surface area contributed by atoms with Crippen LogP contribution in [0.3, 0.4) is 0 Å². The first-order valence-electron chi connectivity index (χ1n) is 11.2. The second-order valence-electron chi connectivity index (χ2n) is 8.58. The van der Waals surface area contributed by atoms with E-state index in [4.69, 9.17) is 14.0 Å². The van der Waals surface area contributed by atoms with Crippen molar-refractivity contribution >= 4 is 12.0 Å². The highest BCUT2D eigenvalue weighted by Gasteiger charge is 2.21. The van der Waals surface area contributed by atoms with E-state index in [1.807, 2.05) is 54.5 Å². The summed E-state index contributed by atoms with van der Waals surface area (Å²) < 4.78 is 18.1. The average molecular weight is 449 g/mol. The number of benzene rings is 1. The Balaban J connectivity index is 1.18. The summed E-state index contributed by atoms with van der Waals surface area (Å²) in [6, 6.07) is 10.0. The lowest BCUT2D eigenvalue weighted by atomic mass is 10.1. The molecule has 2 aromatic heterocycles. The van der Waals surface area contributed by atoms with Crippen LogP contribution in [0.4, 0.5) is 0 Å². The van der Waals surface area contributed by atoms with Gasteiger partial charge in [-0.05, 0) is 56.2 Å². The summed E-state index contributed by atoms with van der Waals surface area (Å²) in [5.74, 6) is 3.18. The van der Waals surface area contributed by atoms with Gasteiger partial charge in [-0.2, -0.15) is 0 Å². The molecule has 2 aliphatic rings. The predicted molar refractivity (Wildman–Crippen MR) is 123 cm³/mol. The summed E-state index contributed by atoms with van der Waals surface area (Å²) in [5, 5.41) is 4.11. The first-order valence-corrected chi connectivity index (χ1v) is 11.2. The number of hydrogen-bond acceptors (Lipinski definition) is 6. The van der Waals surface area contributed by atoms with Crippen molar-refractivity contribution in [3.63, 3.8) is 0 Å². The molecule has 0 aliphatic carbocycles. The Morgan fingerprint density at radius 1 is 1.03 bits per heavy atom. The molecule has 33 heavy (non-hydrogen) atoms. The lowest BCUT2D eigenvalue weighted by Crippen LogP contribution is -2.47. The quantitative estimate of drug-likeness (QED) is 0.557. The number of rotatable bonds is 5. The van der Waals surface area contributed by atoms with Crippen LogP contribution in [0, 0.1) is 20.8 Å². The van der Waals surface area contributed by atoms with Gasteiger partial charge >= 0.3 is 0 Å². The SMILES string of the molecule is Cc1cc(-n2c(C)cc(/C=C/C(=O)N3CCN(Cc4ccc5c(c4)OCO5)CC3)c2C)no1. The molecule has 0 radical (unpaired) electrons. The molecule has 0 N–H and O–H groups in total. The van der Waals surface area contributed by atoms with Gasteiger partial charge in [-0.1, -0.05) is 11.2 Å². The minimum absolute atomic E-state index is 0.0415. The Morgan fingerprint density at radius 2 is 1.82 bits per heavy atom. The molecule has 4 heterocycles. The van der Waals surface area contributed by atoms with Crippen LogP contribution < -0.4 is 9.47 Å². The molecule has 5 rings (SSSR count). The number of ether oxygens (including phenoxy) is 2. The van der Waals surface area contributed by atoms with Crippen molar-refractivity contribution in [1.29, 1.82) is 0 Å². The zero-order chi connectivity index (χ0) is 22.9. The summed E-state index contributed by atoms with van der Waals surface area (Å²) in [7, 11) is 0. The lowest BCUT2D eigenvalue weighted by Gasteiger charge is -2.34. The summed E-state index contributed by atoms with van der Waals surface area (Å²) in [6.45, 7) is 10.2. The van der Waals surface area contributed by atoms with Gasteiger partial charge in [-0.3, -0.25) is 14.3 Å².